The molecular formula is C15H21Cl2N3OS. The number of nitrogens with zero attached hydrogens (tertiary/aromatic N) is 2. The van der Waals surface area contributed by atoms with Gasteiger partial charge in [-0.1, -0.05) is 35.5 Å². The highest BCUT2D eigenvalue weighted by Crippen LogP contribution is 2.19. The molecule has 0 amide bonds. The summed E-state index contributed by atoms with van der Waals surface area (Å²) in [7, 11) is 0. The summed E-state index contributed by atoms with van der Waals surface area (Å²) in [5.41, 5.74) is 1.22. The van der Waals surface area contributed by atoms with Gasteiger partial charge in [-0.3, -0.25) is 4.90 Å². The summed E-state index contributed by atoms with van der Waals surface area (Å²) in [6, 6.07) is 7.97. The number of thioether (sulfide) groups is 1. The third-order valence-corrected chi connectivity index (χ3v) is 4.88. The first kappa shape index (κ1) is 17.9. The van der Waals surface area contributed by atoms with Crippen molar-refractivity contribution in [2.75, 3.05) is 26.5 Å². The Morgan fingerprint density at radius 2 is 2.36 bits per heavy atom. The van der Waals surface area contributed by atoms with Crippen molar-refractivity contribution < 1.29 is 4.74 Å². The van der Waals surface area contributed by atoms with Crippen molar-refractivity contribution in [3.05, 3.63) is 34.9 Å². The van der Waals surface area contributed by atoms with E-state index in [1.54, 1.807) is 11.8 Å². The smallest absolute Gasteiger partial charge is 0.159 e. The van der Waals surface area contributed by atoms with Crippen LogP contribution in [0.1, 0.15) is 18.4 Å². The maximum Gasteiger partial charge on any atom is 0.159 e. The number of hydrogen-bond donors (Lipinski definition) is 1. The lowest BCUT2D eigenvalue weighted by atomic mass is 10.2. The molecule has 2 aliphatic rings. The summed E-state index contributed by atoms with van der Waals surface area (Å²) < 4.78 is 5.66. The van der Waals surface area contributed by atoms with E-state index in [-0.39, 0.29) is 12.4 Å². The molecule has 1 unspecified atom stereocenters. The van der Waals surface area contributed by atoms with Gasteiger partial charge in [-0.25, -0.2) is 4.99 Å². The van der Waals surface area contributed by atoms with Crippen LogP contribution in [0.25, 0.3) is 0 Å². The summed E-state index contributed by atoms with van der Waals surface area (Å²) in [5.74, 6) is 0.887. The molecule has 0 spiro atoms. The Hall–Kier alpha value is -0.460. The van der Waals surface area contributed by atoms with Crippen LogP contribution in [0.15, 0.2) is 29.3 Å². The predicted octanol–water partition coefficient (Wildman–Crippen LogP) is 3.35. The molecule has 1 aromatic rings. The van der Waals surface area contributed by atoms with E-state index in [1.807, 2.05) is 18.2 Å². The highest BCUT2D eigenvalue weighted by Gasteiger charge is 2.20. The zero-order valence-corrected chi connectivity index (χ0v) is 14.7. The predicted molar refractivity (Wildman–Crippen MR) is 96.0 cm³/mol. The first-order valence-electron chi connectivity index (χ1n) is 7.29. The number of ether oxygens (including phenoxy) is 1. The number of nitrogens with one attached hydrogen (secondary N) is 1. The molecule has 0 saturated carbocycles. The molecule has 2 aliphatic heterocycles. The summed E-state index contributed by atoms with van der Waals surface area (Å²) in [6.07, 6.45) is 2.76. The zero-order valence-electron chi connectivity index (χ0n) is 12.3. The minimum Gasteiger partial charge on any atom is -0.377 e. The Kier molecular flexibility index (Phi) is 7.31. The Morgan fingerprint density at radius 3 is 3.05 bits per heavy atom. The summed E-state index contributed by atoms with van der Waals surface area (Å²) in [6.45, 7) is 3.49. The fraction of sp³-hybridized carbons (Fsp3) is 0.533. The molecule has 0 bridgehead atoms. The fourth-order valence-corrected chi connectivity index (χ4v) is 3.53. The highest BCUT2D eigenvalue weighted by molar-refractivity contribution is 8.13. The van der Waals surface area contributed by atoms with E-state index in [0.717, 1.165) is 42.4 Å². The van der Waals surface area contributed by atoms with Crippen molar-refractivity contribution in [1.29, 1.82) is 0 Å². The quantitative estimate of drug-likeness (QED) is 0.891. The summed E-state index contributed by atoms with van der Waals surface area (Å²) >= 11 is 7.72. The Balaban J connectivity index is 0.00000176. The van der Waals surface area contributed by atoms with Crippen LogP contribution in [0.3, 0.4) is 0 Å². The lowest BCUT2D eigenvalue weighted by molar-refractivity contribution is 0.0717. The molecule has 1 saturated heterocycles. The largest absolute Gasteiger partial charge is 0.377 e. The third kappa shape index (κ3) is 5.32. The fourth-order valence-electron chi connectivity index (χ4n) is 2.52. The van der Waals surface area contributed by atoms with Gasteiger partial charge in [-0.05, 0) is 30.5 Å². The number of benzene rings is 1. The molecule has 1 fully saturated rings. The van der Waals surface area contributed by atoms with Crippen molar-refractivity contribution in [2.24, 2.45) is 4.99 Å². The standard InChI is InChI=1S/C15H20ClN3OS.ClH/c16-13-4-1-3-12(7-13)9-21-15-17-10-19(11-18-15)8-14-5-2-6-20-14;/h1,3-4,7,14H,2,5-6,8-11H2,(H,17,18);1H. The monoisotopic (exact) mass is 361 g/mol. The molecule has 4 nitrogen and oxygen atoms in total. The second kappa shape index (κ2) is 8.99. The van der Waals surface area contributed by atoms with Gasteiger partial charge in [0.1, 0.15) is 0 Å². The van der Waals surface area contributed by atoms with Crippen LogP contribution in [-0.4, -0.2) is 42.7 Å². The zero-order chi connectivity index (χ0) is 14.5. The summed E-state index contributed by atoms with van der Waals surface area (Å²) in [4.78, 5) is 6.89. The van der Waals surface area contributed by atoms with E-state index in [4.69, 9.17) is 16.3 Å². The van der Waals surface area contributed by atoms with Crippen LogP contribution in [0.5, 0.6) is 0 Å². The first-order valence-corrected chi connectivity index (χ1v) is 8.65. The van der Waals surface area contributed by atoms with Gasteiger partial charge < -0.3 is 10.1 Å². The average Bonchev–Trinajstić information content (AvgIpc) is 3.00. The maximum absolute atomic E-state index is 5.99. The van der Waals surface area contributed by atoms with Crippen LogP contribution in [0.4, 0.5) is 0 Å². The van der Waals surface area contributed by atoms with Crippen molar-refractivity contribution >= 4 is 40.9 Å². The van der Waals surface area contributed by atoms with Crippen LogP contribution < -0.4 is 5.32 Å². The van der Waals surface area contributed by atoms with E-state index in [2.05, 4.69) is 21.3 Å². The Bertz CT molecular complexity index is 509. The second-order valence-electron chi connectivity index (χ2n) is 5.35. The maximum atomic E-state index is 5.99. The van der Waals surface area contributed by atoms with E-state index in [9.17, 15) is 0 Å². The van der Waals surface area contributed by atoms with Gasteiger partial charge in [0.25, 0.3) is 0 Å². The first-order chi connectivity index (χ1) is 10.3. The van der Waals surface area contributed by atoms with Crippen molar-refractivity contribution in [2.45, 2.75) is 24.7 Å². The van der Waals surface area contributed by atoms with Crippen molar-refractivity contribution in [3.8, 4) is 0 Å². The average molecular weight is 362 g/mol. The highest BCUT2D eigenvalue weighted by atomic mass is 35.5. The molecule has 1 N–H and O–H groups in total. The number of amidine groups is 1. The van der Waals surface area contributed by atoms with Gasteiger partial charge in [0, 0.05) is 23.9 Å². The number of halogens is 2. The molecule has 0 aliphatic carbocycles. The normalized spacial score (nSPS) is 21.9. The SMILES string of the molecule is Cl.Clc1cccc(CSC2=NCN(CC3CCCO3)CN2)c1. The molecular weight excluding hydrogens is 341 g/mol. The molecule has 7 heteroatoms. The van der Waals surface area contributed by atoms with Gasteiger partial charge in [-0.15, -0.1) is 12.4 Å². The molecule has 0 radical (unpaired) electrons. The lowest BCUT2D eigenvalue weighted by Crippen LogP contribution is -2.44. The minimum absolute atomic E-state index is 0. The molecule has 2 heterocycles. The molecule has 22 heavy (non-hydrogen) atoms. The van der Waals surface area contributed by atoms with Crippen LogP contribution in [-0.2, 0) is 10.5 Å². The third-order valence-electron chi connectivity index (χ3n) is 3.62. The number of hydrogen-bond acceptors (Lipinski definition) is 5. The summed E-state index contributed by atoms with van der Waals surface area (Å²) in [5, 5.41) is 5.18. The van der Waals surface area contributed by atoms with Gasteiger partial charge in [0.15, 0.2) is 5.17 Å². The Morgan fingerprint density at radius 1 is 1.45 bits per heavy atom. The number of rotatable bonds is 4. The van der Waals surface area contributed by atoms with Gasteiger partial charge in [0.2, 0.25) is 0 Å². The van der Waals surface area contributed by atoms with Crippen LogP contribution in [0.2, 0.25) is 5.02 Å². The molecule has 122 valence electrons. The molecule has 3 rings (SSSR count). The molecule has 0 aromatic heterocycles. The van der Waals surface area contributed by atoms with Crippen LogP contribution in [0, 0.1) is 0 Å². The molecule has 1 aromatic carbocycles. The van der Waals surface area contributed by atoms with E-state index >= 15 is 0 Å². The van der Waals surface area contributed by atoms with Gasteiger partial charge >= 0.3 is 0 Å². The topological polar surface area (TPSA) is 36.9 Å². The number of aliphatic imine (C=N–C) groups is 1. The van der Waals surface area contributed by atoms with Crippen molar-refractivity contribution in [3.63, 3.8) is 0 Å². The Labute approximate surface area is 147 Å². The van der Waals surface area contributed by atoms with E-state index in [0.29, 0.717) is 6.10 Å². The molecule has 1 atom stereocenters. The van der Waals surface area contributed by atoms with Crippen molar-refractivity contribution in [1.82, 2.24) is 10.2 Å². The second-order valence-corrected chi connectivity index (χ2v) is 6.75. The van der Waals surface area contributed by atoms with E-state index < -0.39 is 0 Å². The minimum atomic E-state index is 0. The lowest BCUT2D eigenvalue weighted by Gasteiger charge is -2.28. The van der Waals surface area contributed by atoms with Gasteiger partial charge in [0.05, 0.1) is 19.4 Å². The van der Waals surface area contributed by atoms with Crippen LogP contribution >= 0.6 is 35.8 Å². The van der Waals surface area contributed by atoms with E-state index in [1.165, 1.54) is 18.4 Å². The van der Waals surface area contributed by atoms with Gasteiger partial charge in [-0.2, -0.15) is 0 Å².